The lowest BCUT2D eigenvalue weighted by Crippen LogP contribution is -2.37. The topological polar surface area (TPSA) is 98.2 Å². The second kappa shape index (κ2) is 7.61. The molecule has 1 heterocycles. The number of aromatic nitrogens is 1. The van der Waals surface area contributed by atoms with Crippen LogP contribution >= 0.6 is 0 Å². The number of hydrogen-bond donors (Lipinski definition) is 2. The van der Waals surface area contributed by atoms with E-state index < -0.39 is 11.9 Å². The van der Waals surface area contributed by atoms with Crippen molar-refractivity contribution in [3.63, 3.8) is 0 Å². The Hall–Kier alpha value is -3.15. The third-order valence-electron chi connectivity index (χ3n) is 3.86. The number of nitrogens with zero attached hydrogens (tertiary/aromatic N) is 1. The summed E-state index contributed by atoms with van der Waals surface area (Å²) in [7, 11) is 0. The molecule has 3 rings (SSSR count). The standard InChI is InChI=1S/C19H19N3O3/c20-19(24)18(13-7-2-1-3-8-13)22-16(23)11-6-12-17-21-14-9-4-5-10-15(14)25-17/h1-5,7-10,18H,6,11-12H2,(H2,20,24)(H,22,23)/t18-/m1/s1. The summed E-state index contributed by atoms with van der Waals surface area (Å²) in [6.07, 6.45) is 1.38. The number of fused-ring (bicyclic) bond motifs is 1. The molecule has 128 valence electrons. The van der Waals surface area contributed by atoms with E-state index in [0.29, 0.717) is 24.3 Å². The smallest absolute Gasteiger partial charge is 0.244 e. The minimum Gasteiger partial charge on any atom is -0.441 e. The molecule has 0 fully saturated rings. The van der Waals surface area contributed by atoms with Gasteiger partial charge < -0.3 is 15.5 Å². The first kappa shape index (κ1) is 16.7. The van der Waals surface area contributed by atoms with E-state index >= 15 is 0 Å². The van der Waals surface area contributed by atoms with Gasteiger partial charge in [0.2, 0.25) is 11.8 Å². The first-order valence-electron chi connectivity index (χ1n) is 8.11. The molecule has 0 saturated carbocycles. The maximum atomic E-state index is 12.1. The molecule has 3 aromatic rings. The summed E-state index contributed by atoms with van der Waals surface area (Å²) in [6, 6.07) is 15.6. The van der Waals surface area contributed by atoms with Crippen molar-refractivity contribution < 1.29 is 14.0 Å². The summed E-state index contributed by atoms with van der Waals surface area (Å²) in [5.41, 5.74) is 7.61. The van der Waals surface area contributed by atoms with Crippen molar-refractivity contribution in [2.45, 2.75) is 25.3 Å². The number of nitrogens with one attached hydrogen (secondary N) is 1. The number of carbonyl (C=O) groups excluding carboxylic acids is 2. The molecule has 1 aromatic heterocycles. The molecule has 0 spiro atoms. The lowest BCUT2D eigenvalue weighted by molar-refractivity contribution is -0.127. The molecule has 0 bridgehead atoms. The number of hydrogen-bond acceptors (Lipinski definition) is 4. The van der Waals surface area contributed by atoms with Gasteiger partial charge >= 0.3 is 0 Å². The van der Waals surface area contributed by atoms with Crippen LogP contribution in [-0.4, -0.2) is 16.8 Å². The molecule has 0 aliphatic heterocycles. The van der Waals surface area contributed by atoms with Crippen molar-refractivity contribution in [2.75, 3.05) is 0 Å². The number of amides is 2. The predicted octanol–water partition coefficient (Wildman–Crippen LogP) is 2.49. The third-order valence-corrected chi connectivity index (χ3v) is 3.86. The van der Waals surface area contributed by atoms with Crippen LogP contribution in [0.5, 0.6) is 0 Å². The van der Waals surface area contributed by atoms with Gasteiger partial charge in [-0.1, -0.05) is 42.5 Å². The van der Waals surface area contributed by atoms with Crippen LogP contribution < -0.4 is 11.1 Å². The second-order valence-corrected chi connectivity index (χ2v) is 5.74. The number of para-hydroxylation sites is 2. The number of rotatable bonds is 7. The van der Waals surface area contributed by atoms with Gasteiger partial charge in [-0.2, -0.15) is 0 Å². The fraction of sp³-hybridized carbons (Fsp3) is 0.211. The van der Waals surface area contributed by atoms with Crippen LogP contribution in [0.3, 0.4) is 0 Å². The molecular weight excluding hydrogens is 318 g/mol. The lowest BCUT2D eigenvalue weighted by atomic mass is 10.1. The van der Waals surface area contributed by atoms with Gasteiger partial charge in [0.25, 0.3) is 0 Å². The van der Waals surface area contributed by atoms with Gasteiger partial charge in [0, 0.05) is 12.8 Å². The molecule has 0 unspecified atom stereocenters. The van der Waals surface area contributed by atoms with Gasteiger partial charge in [-0.3, -0.25) is 9.59 Å². The molecule has 1 atom stereocenters. The van der Waals surface area contributed by atoms with Gasteiger partial charge in [-0.25, -0.2) is 4.98 Å². The van der Waals surface area contributed by atoms with Crippen LogP contribution in [0, 0.1) is 0 Å². The normalized spacial score (nSPS) is 12.0. The van der Waals surface area contributed by atoms with E-state index in [1.807, 2.05) is 30.3 Å². The summed E-state index contributed by atoms with van der Waals surface area (Å²) >= 11 is 0. The minimum atomic E-state index is -0.821. The molecule has 3 N–H and O–H groups in total. The highest BCUT2D eigenvalue weighted by molar-refractivity contribution is 5.87. The Bertz CT molecular complexity index is 841. The fourth-order valence-corrected chi connectivity index (χ4v) is 2.62. The number of aryl methyl sites for hydroxylation is 1. The molecule has 2 amide bonds. The van der Waals surface area contributed by atoms with E-state index in [4.69, 9.17) is 10.2 Å². The van der Waals surface area contributed by atoms with Crippen molar-refractivity contribution in [2.24, 2.45) is 5.73 Å². The Kier molecular flexibility index (Phi) is 5.09. The number of primary amides is 1. The quantitative estimate of drug-likeness (QED) is 0.692. The minimum absolute atomic E-state index is 0.233. The highest BCUT2D eigenvalue weighted by Crippen LogP contribution is 2.16. The summed E-state index contributed by atoms with van der Waals surface area (Å²) in [5, 5.41) is 2.68. The van der Waals surface area contributed by atoms with Crippen LogP contribution in [0.25, 0.3) is 11.1 Å². The highest BCUT2D eigenvalue weighted by atomic mass is 16.3. The Morgan fingerprint density at radius 1 is 1.08 bits per heavy atom. The van der Waals surface area contributed by atoms with Gasteiger partial charge in [0.15, 0.2) is 11.5 Å². The molecule has 0 saturated heterocycles. The van der Waals surface area contributed by atoms with Crippen LogP contribution in [0.1, 0.15) is 30.3 Å². The molecule has 6 nitrogen and oxygen atoms in total. The zero-order chi connectivity index (χ0) is 17.6. The number of benzene rings is 2. The van der Waals surface area contributed by atoms with Crippen molar-refractivity contribution in [1.82, 2.24) is 10.3 Å². The van der Waals surface area contributed by atoms with Crippen LogP contribution in [0.4, 0.5) is 0 Å². The maximum absolute atomic E-state index is 12.1. The highest BCUT2D eigenvalue weighted by Gasteiger charge is 2.19. The average molecular weight is 337 g/mol. The number of nitrogens with two attached hydrogens (primary N) is 1. The summed E-state index contributed by atoms with van der Waals surface area (Å²) in [5.74, 6) is -0.217. The number of oxazole rings is 1. The Morgan fingerprint density at radius 2 is 1.80 bits per heavy atom. The van der Waals surface area contributed by atoms with Gasteiger partial charge in [-0.15, -0.1) is 0 Å². The Labute approximate surface area is 145 Å². The van der Waals surface area contributed by atoms with E-state index in [2.05, 4.69) is 10.3 Å². The first-order valence-corrected chi connectivity index (χ1v) is 8.11. The molecule has 25 heavy (non-hydrogen) atoms. The van der Waals surface area contributed by atoms with Crippen molar-refractivity contribution >= 4 is 22.9 Å². The second-order valence-electron chi connectivity index (χ2n) is 5.74. The Morgan fingerprint density at radius 3 is 2.52 bits per heavy atom. The third kappa shape index (κ3) is 4.23. The van der Waals surface area contributed by atoms with Gasteiger partial charge in [0.05, 0.1) is 0 Å². The molecular formula is C19H19N3O3. The molecule has 0 aliphatic rings. The molecule has 0 aliphatic carbocycles. The molecule has 2 aromatic carbocycles. The molecule has 6 heteroatoms. The molecule has 0 radical (unpaired) electrons. The maximum Gasteiger partial charge on any atom is 0.244 e. The van der Waals surface area contributed by atoms with Crippen molar-refractivity contribution in [1.29, 1.82) is 0 Å². The number of carbonyl (C=O) groups is 2. The van der Waals surface area contributed by atoms with Crippen LogP contribution in [0.2, 0.25) is 0 Å². The van der Waals surface area contributed by atoms with E-state index in [9.17, 15) is 9.59 Å². The average Bonchev–Trinajstić information content (AvgIpc) is 3.03. The van der Waals surface area contributed by atoms with E-state index in [1.54, 1.807) is 24.3 Å². The summed E-state index contributed by atoms with van der Waals surface area (Å²) < 4.78 is 5.62. The van der Waals surface area contributed by atoms with Gasteiger partial charge in [0.1, 0.15) is 11.6 Å². The zero-order valence-corrected chi connectivity index (χ0v) is 13.6. The fourth-order valence-electron chi connectivity index (χ4n) is 2.62. The summed E-state index contributed by atoms with van der Waals surface area (Å²) in [6.45, 7) is 0. The van der Waals surface area contributed by atoms with Crippen LogP contribution in [0.15, 0.2) is 59.0 Å². The lowest BCUT2D eigenvalue weighted by Gasteiger charge is -2.15. The monoisotopic (exact) mass is 337 g/mol. The van der Waals surface area contributed by atoms with Crippen molar-refractivity contribution in [3.05, 3.63) is 66.1 Å². The predicted molar refractivity (Wildman–Crippen MR) is 93.5 cm³/mol. The zero-order valence-electron chi connectivity index (χ0n) is 13.6. The SMILES string of the molecule is NC(=O)[C@H](NC(=O)CCCc1nc2ccccc2o1)c1ccccc1. The van der Waals surface area contributed by atoms with Gasteiger partial charge in [-0.05, 0) is 24.1 Å². The van der Waals surface area contributed by atoms with Crippen molar-refractivity contribution in [3.8, 4) is 0 Å². The Balaban J connectivity index is 1.54. The largest absolute Gasteiger partial charge is 0.441 e. The van der Waals surface area contributed by atoms with E-state index in [1.165, 1.54) is 0 Å². The first-order chi connectivity index (χ1) is 12.1. The van der Waals surface area contributed by atoms with E-state index in [-0.39, 0.29) is 12.3 Å². The van der Waals surface area contributed by atoms with E-state index in [0.717, 1.165) is 11.1 Å². The van der Waals surface area contributed by atoms with Crippen LogP contribution in [-0.2, 0) is 16.0 Å². The summed E-state index contributed by atoms with van der Waals surface area (Å²) in [4.78, 5) is 28.1.